The number of rotatable bonds is 2. The van der Waals surface area contributed by atoms with E-state index in [1.165, 1.54) is 0 Å². The van der Waals surface area contributed by atoms with E-state index in [4.69, 9.17) is 5.73 Å². The maximum absolute atomic E-state index is 12.6. The number of halogens is 3. The molecule has 0 bridgehead atoms. The molecule has 0 saturated heterocycles. The van der Waals surface area contributed by atoms with Crippen molar-refractivity contribution in [3.8, 4) is 0 Å². The molecule has 19 heavy (non-hydrogen) atoms. The van der Waals surface area contributed by atoms with Crippen molar-refractivity contribution in [3.63, 3.8) is 0 Å². The van der Waals surface area contributed by atoms with Crippen molar-refractivity contribution < 1.29 is 13.2 Å². The zero-order valence-corrected chi connectivity index (χ0v) is 9.62. The highest BCUT2D eigenvalue weighted by Crippen LogP contribution is 2.30. The van der Waals surface area contributed by atoms with Crippen LogP contribution in [-0.4, -0.2) is 16.1 Å². The summed E-state index contributed by atoms with van der Waals surface area (Å²) < 4.78 is 38.5. The van der Waals surface area contributed by atoms with Crippen molar-refractivity contribution in [1.82, 2.24) is 9.55 Å². The Morgan fingerprint density at radius 1 is 1.26 bits per heavy atom. The number of aromatic amines is 1. The minimum atomic E-state index is -4.55. The van der Waals surface area contributed by atoms with Crippen LogP contribution in [0.4, 0.5) is 13.2 Å². The Balaban J connectivity index is 2.78. The molecular formula is C11H10F3N3O2. The van der Waals surface area contributed by atoms with Gasteiger partial charge in [-0.1, -0.05) is 0 Å². The first-order chi connectivity index (χ1) is 8.84. The van der Waals surface area contributed by atoms with Gasteiger partial charge in [-0.25, -0.2) is 4.79 Å². The third-order valence-corrected chi connectivity index (χ3v) is 2.66. The maximum Gasteiger partial charge on any atom is 0.416 e. The number of fused-ring (bicyclic) bond motifs is 1. The van der Waals surface area contributed by atoms with Gasteiger partial charge in [0.25, 0.3) is 5.56 Å². The Bertz CT molecular complexity index is 731. The van der Waals surface area contributed by atoms with E-state index in [1.807, 2.05) is 0 Å². The summed E-state index contributed by atoms with van der Waals surface area (Å²) in [5.74, 6) is 0. The number of aromatic nitrogens is 2. The SMILES string of the molecule is NCCn1c(=O)[nH]c2ccc(C(F)(F)F)cc2c1=O. The molecule has 0 amide bonds. The fraction of sp³-hybridized carbons (Fsp3) is 0.273. The van der Waals surface area contributed by atoms with Crippen molar-refractivity contribution in [1.29, 1.82) is 0 Å². The summed E-state index contributed by atoms with van der Waals surface area (Å²) in [7, 11) is 0. The number of nitrogens with two attached hydrogens (primary N) is 1. The monoisotopic (exact) mass is 273 g/mol. The Morgan fingerprint density at radius 3 is 2.53 bits per heavy atom. The van der Waals surface area contributed by atoms with Gasteiger partial charge in [0, 0.05) is 13.1 Å². The summed E-state index contributed by atoms with van der Waals surface area (Å²) >= 11 is 0. The molecule has 0 aliphatic rings. The summed E-state index contributed by atoms with van der Waals surface area (Å²) in [4.78, 5) is 25.8. The average Bonchev–Trinajstić information content (AvgIpc) is 2.33. The first kappa shape index (κ1) is 13.3. The van der Waals surface area contributed by atoms with Gasteiger partial charge in [-0.15, -0.1) is 0 Å². The number of benzene rings is 1. The lowest BCUT2D eigenvalue weighted by atomic mass is 10.1. The zero-order chi connectivity index (χ0) is 14.2. The van der Waals surface area contributed by atoms with E-state index in [2.05, 4.69) is 4.98 Å². The molecule has 0 saturated carbocycles. The van der Waals surface area contributed by atoms with Crippen LogP contribution in [0.2, 0.25) is 0 Å². The lowest BCUT2D eigenvalue weighted by molar-refractivity contribution is -0.137. The smallest absolute Gasteiger partial charge is 0.329 e. The van der Waals surface area contributed by atoms with Crippen LogP contribution in [0.5, 0.6) is 0 Å². The molecule has 3 N–H and O–H groups in total. The van der Waals surface area contributed by atoms with Crippen molar-refractivity contribution in [2.75, 3.05) is 6.54 Å². The van der Waals surface area contributed by atoms with Gasteiger partial charge in [0.2, 0.25) is 0 Å². The number of hydrogen-bond donors (Lipinski definition) is 2. The molecule has 0 fully saturated rings. The summed E-state index contributed by atoms with van der Waals surface area (Å²) in [6.07, 6.45) is -4.55. The molecule has 0 atom stereocenters. The first-order valence-corrected chi connectivity index (χ1v) is 5.38. The van der Waals surface area contributed by atoms with Crippen molar-refractivity contribution >= 4 is 10.9 Å². The second-order valence-electron chi connectivity index (χ2n) is 3.93. The van der Waals surface area contributed by atoms with Crippen molar-refractivity contribution in [2.24, 2.45) is 5.73 Å². The number of nitrogens with one attached hydrogen (secondary N) is 1. The van der Waals surface area contributed by atoms with Crippen LogP contribution in [-0.2, 0) is 12.7 Å². The van der Waals surface area contributed by atoms with Crippen LogP contribution in [0.3, 0.4) is 0 Å². The molecule has 1 heterocycles. The van der Waals surface area contributed by atoms with E-state index in [-0.39, 0.29) is 24.0 Å². The van der Waals surface area contributed by atoms with Crippen LogP contribution in [0.25, 0.3) is 10.9 Å². The fourth-order valence-electron chi connectivity index (χ4n) is 1.76. The van der Waals surface area contributed by atoms with Crippen LogP contribution < -0.4 is 17.0 Å². The molecule has 0 unspecified atom stereocenters. The molecule has 0 radical (unpaired) electrons. The van der Waals surface area contributed by atoms with E-state index < -0.39 is 23.0 Å². The van der Waals surface area contributed by atoms with Gasteiger partial charge in [0.05, 0.1) is 16.5 Å². The van der Waals surface area contributed by atoms with Crippen molar-refractivity contribution in [2.45, 2.75) is 12.7 Å². The van der Waals surface area contributed by atoms with Gasteiger partial charge in [-0.3, -0.25) is 9.36 Å². The predicted octanol–water partition coefficient (Wildman–Crippen LogP) is 0.667. The highest BCUT2D eigenvalue weighted by Gasteiger charge is 2.30. The minimum absolute atomic E-state index is 0.0352. The Morgan fingerprint density at radius 2 is 1.95 bits per heavy atom. The quantitative estimate of drug-likeness (QED) is 0.843. The molecule has 0 spiro atoms. The molecule has 1 aromatic heterocycles. The first-order valence-electron chi connectivity index (χ1n) is 5.38. The van der Waals surface area contributed by atoms with Gasteiger partial charge in [-0.05, 0) is 18.2 Å². The normalized spacial score (nSPS) is 12.0. The molecule has 5 nitrogen and oxygen atoms in total. The van der Waals surface area contributed by atoms with E-state index in [0.29, 0.717) is 0 Å². The molecule has 0 aliphatic heterocycles. The van der Waals surface area contributed by atoms with Gasteiger partial charge in [0.15, 0.2) is 0 Å². The summed E-state index contributed by atoms with van der Waals surface area (Å²) in [5.41, 5.74) is 2.90. The van der Waals surface area contributed by atoms with Crippen molar-refractivity contribution in [3.05, 3.63) is 44.6 Å². The third-order valence-electron chi connectivity index (χ3n) is 2.66. The van der Waals surface area contributed by atoms with Crippen LogP contribution >= 0.6 is 0 Å². The van der Waals surface area contributed by atoms with Crippen LogP contribution in [0.1, 0.15) is 5.56 Å². The van der Waals surface area contributed by atoms with Gasteiger partial charge < -0.3 is 10.7 Å². The van der Waals surface area contributed by atoms with E-state index in [0.717, 1.165) is 22.8 Å². The van der Waals surface area contributed by atoms with E-state index in [9.17, 15) is 22.8 Å². The third kappa shape index (κ3) is 2.39. The standard InChI is InChI=1S/C11H10F3N3O2/c12-11(13,14)6-1-2-8-7(5-6)9(18)17(4-3-15)10(19)16-8/h1-2,5H,3-4,15H2,(H,16,19). The summed E-state index contributed by atoms with van der Waals surface area (Å²) in [6.45, 7) is -0.0200. The summed E-state index contributed by atoms with van der Waals surface area (Å²) in [6, 6.07) is 2.60. The molecular weight excluding hydrogens is 263 g/mol. The maximum atomic E-state index is 12.6. The second kappa shape index (κ2) is 4.54. The van der Waals surface area contributed by atoms with Gasteiger partial charge >= 0.3 is 11.9 Å². The van der Waals surface area contributed by atoms with Crippen LogP contribution in [0, 0.1) is 0 Å². The lowest BCUT2D eigenvalue weighted by Gasteiger charge is -2.09. The number of alkyl halides is 3. The Labute approximate surface area is 104 Å². The average molecular weight is 273 g/mol. The topological polar surface area (TPSA) is 80.9 Å². The summed E-state index contributed by atoms with van der Waals surface area (Å²) in [5, 5.41) is -0.192. The minimum Gasteiger partial charge on any atom is -0.329 e. The highest BCUT2D eigenvalue weighted by molar-refractivity contribution is 5.78. The molecule has 1 aromatic carbocycles. The van der Waals surface area contributed by atoms with E-state index in [1.54, 1.807) is 0 Å². The second-order valence-corrected chi connectivity index (χ2v) is 3.93. The fourth-order valence-corrected chi connectivity index (χ4v) is 1.76. The lowest BCUT2D eigenvalue weighted by Crippen LogP contribution is -2.37. The number of nitrogens with zero attached hydrogens (tertiary/aromatic N) is 1. The Kier molecular flexibility index (Phi) is 3.19. The van der Waals surface area contributed by atoms with Gasteiger partial charge in [-0.2, -0.15) is 13.2 Å². The molecule has 8 heteroatoms. The predicted molar refractivity (Wildman–Crippen MR) is 62.9 cm³/mol. The molecule has 2 rings (SSSR count). The number of hydrogen-bond acceptors (Lipinski definition) is 3. The number of H-pyrrole nitrogens is 1. The molecule has 102 valence electrons. The molecule has 0 aliphatic carbocycles. The van der Waals surface area contributed by atoms with Gasteiger partial charge in [0.1, 0.15) is 0 Å². The molecule has 2 aromatic rings. The van der Waals surface area contributed by atoms with Crippen LogP contribution in [0.15, 0.2) is 27.8 Å². The largest absolute Gasteiger partial charge is 0.416 e. The zero-order valence-electron chi connectivity index (χ0n) is 9.62. The Hall–Kier alpha value is -2.09. The van der Waals surface area contributed by atoms with E-state index >= 15 is 0 Å². The highest BCUT2D eigenvalue weighted by atomic mass is 19.4.